The molecule has 1 unspecified atom stereocenters. The van der Waals surface area contributed by atoms with Crippen LogP contribution >= 0.6 is 15.9 Å². The van der Waals surface area contributed by atoms with Crippen LogP contribution in [0.25, 0.3) is 5.65 Å². The van der Waals surface area contributed by atoms with Gasteiger partial charge < -0.3 is 5.32 Å². The number of hydrogen-bond acceptors (Lipinski definition) is 3. The molecular formula is C22H19BrN4O. The summed E-state index contributed by atoms with van der Waals surface area (Å²) in [5, 5.41) is 7.49. The number of aryl methyl sites for hydroxylation is 2. The van der Waals surface area contributed by atoms with E-state index in [1.54, 1.807) is 10.7 Å². The minimum absolute atomic E-state index is 0.204. The molecule has 140 valence electrons. The van der Waals surface area contributed by atoms with Crippen molar-refractivity contribution in [3.05, 3.63) is 99.4 Å². The first-order chi connectivity index (χ1) is 13.5. The molecule has 0 aliphatic carbocycles. The summed E-state index contributed by atoms with van der Waals surface area (Å²) < 4.78 is 2.69. The third-order valence-corrected chi connectivity index (χ3v) is 5.16. The van der Waals surface area contributed by atoms with Gasteiger partial charge in [0.15, 0.2) is 5.65 Å². The van der Waals surface area contributed by atoms with Crippen LogP contribution in [0.1, 0.15) is 38.9 Å². The van der Waals surface area contributed by atoms with E-state index in [4.69, 9.17) is 0 Å². The first-order valence-corrected chi connectivity index (χ1v) is 9.75. The van der Waals surface area contributed by atoms with Gasteiger partial charge in [0, 0.05) is 15.9 Å². The molecule has 0 saturated heterocycles. The third-order valence-electron chi connectivity index (χ3n) is 4.63. The molecule has 2 aromatic carbocycles. The van der Waals surface area contributed by atoms with E-state index < -0.39 is 0 Å². The van der Waals surface area contributed by atoms with Crippen molar-refractivity contribution in [1.82, 2.24) is 19.9 Å². The number of benzene rings is 2. The van der Waals surface area contributed by atoms with Gasteiger partial charge in [-0.2, -0.15) is 5.10 Å². The summed E-state index contributed by atoms with van der Waals surface area (Å²) in [5.41, 5.74) is 4.83. The molecular weight excluding hydrogens is 416 g/mol. The third kappa shape index (κ3) is 3.55. The number of halogens is 1. The van der Waals surface area contributed by atoms with Gasteiger partial charge in [-0.25, -0.2) is 9.50 Å². The average Bonchev–Trinajstić information content (AvgIpc) is 3.12. The lowest BCUT2D eigenvalue weighted by Gasteiger charge is -2.20. The average molecular weight is 435 g/mol. The second kappa shape index (κ2) is 7.56. The molecule has 0 aliphatic heterocycles. The van der Waals surface area contributed by atoms with Gasteiger partial charge in [0.2, 0.25) is 0 Å². The maximum atomic E-state index is 13.2. The Hall–Kier alpha value is -2.99. The monoisotopic (exact) mass is 434 g/mol. The second-order valence-corrected chi connectivity index (χ2v) is 7.62. The predicted octanol–water partition coefficient (Wildman–Crippen LogP) is 4.63. The maximum Gasteiger partial charge on any atom is 0.257 e. The van der Waals surface area contributed by atoms with Crippen molar-refractivity contribution in [2.45, 2.75) is 19.9 Å². The summed E-state index contributed by atoms with van der Waals surface area (Å²) in [7, 11) is 0. The smallest absolute Gasteiger partial charge is 0.257 e. The Morgan fingerprint density at radius 3 is 2.43 bits per heavy atom. The van der Waals surface area contributed by atoms with Gasteiger partial charge in [0.05, 0.1) is 12.2 Å². The molecule has 1 amide bonds. The van der Waals surface area contributed by atoms with Crippen LogP contribution in [0.3, 0.4) is 0 Å². The van der Waals surface area contributed by atoms with E-state index >= 15 is 0 Å². The van der Waals surface area contributed by atoms with Crippen molar-refractivity contribution >= 4 is 27.5 Å². The SMILES string of the molecule is Cc1cc(C)n2ncc(C(=O)NC(c3ccccc3)c3ccc(Br)cc3)c2n1. The number of rotatable bonds is 4. The van der Waals surface area contributed by atoms with Gasteiger partial charge >= 0.3 is 0 Å². The van der Waals surface area contributed by atoms with Gasteiger partial charge in [-0.15, -0.1) is 0 Å². The summed E-state index contributed by atoms with van der Waals surface area (Å²) in [6.07, 6.45) is 1.58. The molecule has 0 fully saturated rings. The van der Waals surface area contributed by atoms with Gasteiger partial charge in [-0.05, 0) is 43.2 Å². The van der Waals surface area contributed by atoms with Gasteiger partial charge in [0.25, 0.3) is 5.91 Å². The summed E-state index contributed by atoms with van der Waals surface area (Å²) in [6, 6.07) is 19.5. The standard InChI is InChI=1S/C22H19BrN4O/c1-14-12-15(2)27-21(25-14)19(13-24-27)22(28)26-20(16-6-4-3-5-7-16)17-8-10-18(23)11-9-17/h3-13,20H,1-2H3,(H,26,28). The molecule has 28 heavy (non-hydrogen) atoms. The fourth-order valence-corrected chi connectivity index (χ4v) is 3.56. The predicted molar refractivity (Wildman–Crippen MR) is 112 cm³/mol. The fourth-order valence-electron chi connectivity index (χ4n) is 3.30. The lowest BCUT2D eigenvalue weighted by molar-refractivity contribution is 0.0944. The molecule has 0 aliphatic rings. The largest absolute Gasteiger partial charge is 0.341 e. The molecule has 2 heterocycles. The van der Waals surface area contributed by atoms with Crippen LogP contribution < -0.4 is 5.32 Å². The summed E-state index contributed by atoms with van der Waals surface area (Å²) >= 11 is 3.47. The molecule has 0 spiro atoms. The Morgan fingerprint density at radius 1 is 1.04 bits per heavy atom. The van der Waals surface area contributed by atoms with Crippen molar-refractivity contribution in [2.75, 3.05) is 0 Å². The maximum absolute atomic E-state index is 13.2. The van der Waals surface area contributed by atoms with Gasteiger partial charge in [-0.3, -0.25) is 4.79 Å². The van der Waals surface area contributed by atoms with E-state index in [2.05, 4.69) is 31.3 Å². The van der Waals surface area contributed by atoms with Crippen molar-refractivity contribution in [3.63, 3.8) is 0 Å². The van der Waals surface area contributed by atoms with Crippen molar-refractivity contribution in [3.8, 4) is 0 Å². The molecule has 0 saturated carbocycles. The number of nitrogens with one attached hydrogen (secondary N) is 1. The van der Waals surface area contributed by atoms with Crippen LogP contribution in [-0.4, -0.2) is 20.5 Å². The van der Waals surface area contributed by atoms with Crippen LogP contribution in [0.5, 0.6) is 0 Å². The molecule has 1 atom stereocenters. The molecule has 0 bridgehead atoms. The number of carbonyl (C=O) groups excluding carboxylic acids is 1. The quantitative estimate of drug-likeness (QED) is 0.509. The van der Waals surface area contributed by atoms with Crippen LogP contribution in [-0.2, 0) is 0 Å². The van der Waals surface area contributed by atoms with E-state index in [9.17, 15) is 4.79 Å². The molecule has 4 rings (SSSR count). The highest BCUT2D eigenvalue weighted by atomic mass is 79.9. The number of hydrogen-bond donors (Lipinski definition) is 1. The topological polar surface area (TPSA) is 59.3 Å². The number of nitrogens with zero attached hydrogens (tertiary/aromatic N) is 3. The van der Waals surface area contributed by atoms with Crippen molar-refractivity contribution < 1.29 is 4.79 Å². The zero-order valence-electron chi connectivity index (χ0n) is 15.6. The highest BCUT2D eigenvalue weighted by Gasteiger charge is 2.21. The molecule has 1 N–H and O–H groups in total. The Morgan fingerprint density at radius 2 is 1.71 bits per heavy atom. The van der Waals surface area contributed by atoms with Gasteiger partial charge in [-0.1, -0.05) is 58.4 Å². The zero-order chi connectivity index (χ0) is 19.7. The van der Waals surface area contributed by atoms with Crippen LogP contribution in [0.2, 0.25) is 0 Å². The molecule has 5 nitrogen and oxygen atoms in total. The molecule has 6 heteroatoms. The van der Waals surface area contributed by atoms with E-state index in [-0.39, 0.29) is 11.9 Å². The summed E-state index contributed by atoms with van der Waals surface area (Å²) in [5.74, 6) is -0.204. The van der Waals surface area contributed by atoms with Crippen molar-refractivity contribution in [2.24, 2.45) is 0 Å². The number of amides is 1. The normalized spacial score (nSPS) is 12.1. The Bertz CT molecular complexity index is 1140. The van der Waals surface area contributed by atoms with E-state index in [1.807, 2.05) is 74.5 Å². The fraction of sp³-hybridized carbons (Fsp3) is 0.136. The van der Waals surface area contributed by atoms with E-state index in [1.165, 1.54) is 0 Å². The van der Waals surface area contributed by atoms with Crippen LogP contribution in [0.4, 0.5) is 0 Å². The first-order valence-electron chi connectivity index (χ1n) is 8.96. The highest BCUT2D eigenvalue weighted by Crippen LogP contribution is 2.24. The van der Waals surface area contributed by atoms with Crippen LogP contribution in [0.15, 0.2) is 71.3 Å². The summed E-state index contributed by atoms with van der Waals surface area (Å²) in [6.45, 7) is 3.86. The molecule has 2 aromatic heterocycles. The lowest BCUT2D eigenvalue weighted by Crippen LogP contribution is -2.29. The second-order valence-electron chi connectivity index (χ2n) is 6.70. The Balaban J connectivity index is 1.73. The highest BCUT2D eigenvalue weighted by molar-refractivity contribution is 9.10. The number of fused-ring (bicyclic) bond motifs is 1. The lowest BCUT2D eigenvalue weighted by atomic mass is 9.98. The minimum atomic E-state index is -0.275. The Labute approximate surface area is 171 Å². The van der Waals surface area contributed by atoms with Crippen LogP contribution in [0, 0.1) is 13.8 Å². The molecule has 4 aromatic rings. The number of carbonyl (C=O) groups is 1. The van der Waals surface area contributed by atoms with Gasteiger partial charge in [0.1, 0.15) is 5.56 Å². The minimum Gasteiger partial charge on any atom is -0.341 e. The first kappa shape index (κ1) is 18.4. The summed E-state index contributed by atoms with van der Waals surface area (Å²) in [4.78, 5) is 17.7. The Kier molecular flexibility index (Phi) is 4.96. The van der Waals surface area contributed by atoms with E-state index in [0.29, 0.717) is 11.2 Å². The number of aromatic nitrogens is 3. The van der Waals surface area contributed by atoms with Crippen molar-refractivity contribution in [1.29, 1.82) is 0 Å². The molecule has 0 radical (unpaired) electrons. The zero-order valence-corrected chi connectivity index (χ0v) is 17.1. The van der Waals surface area contributed by atoms with E-state index in [0.717, 1.165) is 27.0 Å².